The van der Waals surface area contributed by atoms with Gasteiger partial charge in [0.2, 0.25) is 0 Å². The average Bonchev–Trinajstić information content (AvgIpc) is 2.71. The van der Waals surface area contributed by atoms with Gasteiger partial charge in [0.05, 0.1) is 0 Å². The monoisotopic (exact) mass is 251 g/mol. The Kier molecular flexibility index (Phi) is 3.55. The fraction of sp³-hybridized carbons (Fsp3) is 0.273. The van der Waals surface area contributed by atoms with Crippen LogP contribution in [0.5, 0.6) is 0 Å². The maximum Gasteiger partial charge on any atom is 0.328 e. The number of anilines is 1. The maximum atomic E-state index is 11.9. The molecule has 1 aromatic carbocycles. The van der Waals surface area contributed by atoms with E-state index in [1.165, 1.54) is 4.90 Å². The number of para-hydroxylation sites is 1. The molecule has 2 N–H and O–H groups in total. The van der Waals surface area contributed by atoms with Crippen LogP contribution in [0.4, 0.5) is 10.5 Å². The van der Waals surface area contributed by atoms with Gasteiger partial charge in [-0.2, -0.15) is 0 Å². The Morgan fingerprint density at radius 1 is 1.35 bits per heavy atom. The van der Waals surface area contributed by atoms with Gasteiger partial charge in [-0.05, 0) is 24.4 Å². The van der Waals surface area contributed by atoms with Crippen LogP contribution < -0.4 is 5.32 Å². The van der Waals surface area contributed by atoms with E-state index in [0.717, 1.165) is 5.69 Å². The number of benzene rings is 1. The number of thiocarbonyl (C=S) groups is 1. The number of nitrogens with one attached hydrogen (secondary N) is 1. The molecule has 6 heteroatoms. The molecule has 0 radical (unpaired) electrons. The van der Waals surface area contributed by atoms with Crippen LogP contribution in [-0.2, 0) is 0 Å². The van der Waals surface area contributed by atoms with Crippen molar-refractivity contribution in [3.63, 3.8) is 0 Å². The first-order valence-electron chi connectivity index (χ1n) is 5.25. The predicted molar refractivity (Wildman–Crippen MR) is 68.6 cm³/mol. The molecule has 1 saturated heterocycles. The quantitative estimate of drug-likeness (QED) is 0.772. The summed E-state index contributed by atoms with van der Waals surface area (Å²) >= 11 is 5.08. The van der Waals surface area contributed by atoms with Crippen molar-refractivity contribution in [1.29, 1.82) is 0 Å². The molecular formula is C11H13N3O2S. The van der Waals surface area contributed by atoms with Crippen LogP contribution in [0.2, 0.25) is 0 Å². The zero-order chi connectivity index (χ0) is 12.3. The van der Waals surface area contributed by atoms with Gasteiger partial charge in [-0.3, -0.25) is 4.90 Å². The van der Waals surface area contributed by atoms with Gasteiger partial charge in [-0.15, -0.1) is 0 Å². The summed E-state index contributed by atoms with van der Waals surface area (Å²) in [5, 5.41) is 12.1. The van der Waals surface area contributed by atoms with Crippen molar-refractivity contribution in [2.75, 3.05) is 25.1 Å². The van der Waals surface area contributed by atoms with E-state index in [0.29, 0.717) is 18.2 Å². The number of carbonyl (C=O) groups excluding carboxylic acids is 1. The molecule has 0 aromatic heterocycles. The molecule has 0 aliphatic carbocycles. The van der Waals surface area contributed by atoms with Gasteiger partial charge in [0.25, 0.3) is 0 Å². The van der Waals surface area contributed by atoms with E-state index < -0.39 is 0 Å². The molecule has 1 aliphatic rings. The highest BCUT2D eigenvalue weighted by Crippen LogP contribution is 2.12. The third kappa shape index (κ3) is 2.54. The van der Waals surface area contributed by atoms with Gasteiger partial charge >= 0.3 is 6.03 Å². The third-order valence-electron chi connectivity index (χ3n) is 2.54. The van der Waals surface area contributed by atoms with E-state index in [1.807, 2.05) is 18.2 Å². The Morgan fingerprint density at radius 3 is 2.65 bits per heavy atom. The number of rotatable bonds is 2. The number of amides is 2. The normalized spacial score (nSPS) is 15.2. The summed E-state index contributed by atoms with van der Waals surface area (Å²) in [4.78, 5) is 14.9. The number of urea groups is 1. The zero-order valence-corrected chi connectivity index (χ0v) is 9.98. The molecule has 0 saturated carbocycles. The van der Waals surface area contributed by atoms with Crippen LogP contribution in [0.15, 0.2) is 30.3 Å². The first-order chi connectivity index (χ1) is 8.22. The number of hydrogen-bond acceptors (Lipinski definition) is 3. The molecule has 2 rings (SSSR count). The van der Waals surface area contributed by atoms with Gasteiger partial charge in [0, 0.05) is 18.8 Å². The molecule has 0 spiro atoms. The molecule has 1 fully saturated rings. The Bertz CT molecular complexity index is 424. The zero-order valence-electron chi connectivity index (χ0n) is 9.17. The first kappa shape index (κ1) is 11.8. The number of nitrogens with zero attached hydrogens (tertiary/aromatic N) is 2. The summed E-state index contributed by atoms with van der Waals surface area (Å²) in [6.07, 6.45) is 0. The third-order valence-corrected chi connectivity index (χ3v) is 3.01. The van der Waals surface area contributed by atoms with Gasteiger partial charge in [0.1, 0.15) is 6.73 Å². The molecule has 17 heavy (non-hydrogen) atoms. The minimum Gasteiger partial charge on any atom is -0.376 e. The summed E-state index contributed by atoms with van der Waals surface area (Å²) in [5.74, 6) is 0. The fourth-order valence-electron chi connectivity index (χ4n) is 1.61. The molecule has 1 heterocycles. The van der Waals surface area contributed by atoms with Gasteiger partial charge in [0.15, 0.2) is 5.11 Å². The number of aliphatic hydroxyl groups excluding tert-OH is 1. The Morgan fingerprint density at radius 2 is 2.06 bits per heavy atom. The largest absolute Gasteiger partial charge is 0.376 e. The van der Waals surface area contributed by atoms with E-state index in [-0.39, 0.29) is 12.8 Å². The molecule has 0 bridgehead atoms. The summed E-state index contributed by atoms with van der Waals surface area (Å²) in [6, 6.07) is 8.92. The molecule has 5 nitrogen and oxygen atoms in total. The second-order valence-corrected chi connectivity index (χ2v) is 4.00. The minimum atomic E-state index is -0.267. The van der Waals surface area contributed by atoms with Crippen molar-refractivity contribution < 1.29 is 9.90 Å². The lowest BCUT2D eigenvalue weighted by Gasteiger charge is -2.18. The molecule has 0 unspecified atom stereocenters. The smallest absolute Gasteiger partial charge is 0.328 e. The topological polar surface area (TPSA) is 55.8 Å². The predicted octanol–water partition coefficient (Wildman–Crippen LogP) is 1.07. The van der Waals surface area contributed by atoms with Crippen LogP contribution in [-0.4, -0.2) is 45.9 Å². The van der Waals surface area contributed by atoms with Crippen molar-refractivity contribution in [2.45, 2.75) is 0 Å². The van der Waals surface area contributed by atoms with Crippen molar-refractivity contribution in [3.05, 3.63) is 30.3 Å². The van der Waals surface area contributed by atoms with Crippen molar-refractivity contribution in [3.8, 4) is 0 Å². The minimum absolute atomic E-state index is 0.159. The summed E-state index contributed by atoms with van der Waals surface area (Å²) in [6.45, 7) is 0.906. The van der Waals surface area contributed by atoms with Crippen LogP contribution in [0.3, 0.4) is 0 Å². The van der Waals surface area contributed by atoms with Crippen LogP contribution in [0, 0.1) is 0 Å². The lowest BCUT2D eigenvalue weighted by atomic mass is 10.3. The summed E-state index contributed by atoms with van der Waals surface area (Å²) < 4.78 is 0. The lowest BCUT2D eigenvalue weighted by Crippen LogP contribution is -2.39. The molecular weight excluding hydrogens is 238 g/mol. The van der Waals surface area contributed by atoms with E-state index in [4.69, 9.17) is 17.3 Å². The van der Waals surface area contributed by atoms with E-state index in [9.17, 15) is 4.79 Å². The standard InChI is InChI=1S/C11H13N3O2S/c15-8-13-6-7-14(11(13)17)10(16)12-9-4-2-1-3-5-9/h1-5,15H,6-8H2,(H,12,16). The molecule has 1 aliphatic heterocycles. The van der Waals surface area contributed by atoms with Gasteiger partial charge in [-0.1, -0.05) is 18.2 Å². The van der Waals surface area contributed by atoms with E-state index in [1.54, 1.807) is 17.0 Å². The molecule has 2 amide bonds. The summed E-state index contributed by atoms with van der Waals surface area (Å²) in [5.41, 5.74) is 0.725. The Hall–Kier alpha value is -1.66. The van der Waals surface area contributed by atoms with Crippen molar-refractivity contribution in [1.82, 2.24) is 9.80 Å². The molecule has 1 aromatic rings. The molecule has 0 atom stereocenters. The van der Waals surface area contributed by atoms with Crippen molar-refractivity contribution >= 4 is 29.0 Å². The number of carbonyl (C=O) groups is 1. The second kappa shape index (κ2) is 5.11. The SMILES string of the molecule is O=C(Nc1ccccc1)N1CCN(CO)C1=S. The highest BCUT2D eigenvalue weighted by atomic mass is 32.1. The van der Waals surface area contributed by atoms with E-state index >= 15 is 0 Å². The Balaban J connectivity index is 2.00. The van der Waals surface area contributed by atoms with Gasteiger partial charge in [-0.25, -0.2) is 4.79 Å². The fourth-order valence-corrected chi connectivity index (χ4v) is 1.94. The van der Waals surface area contributed by atoms with Crippen molar-refractivity contribution in [2.24, 2.45) is 0 Å². The van der Waals surface area contributed by atoms with Crippen LogP contribution in [0.1, 0.15) is 0 Å². The number of aliphatic hydroxyl groups is 1. The first-order valence-corrected chi connectivity index (χ1v) is 5.66. The molecule has 90 valence electrons. The number of hydrogen-bond donors (Lipinski definition) is 2. The van der Waals surface area contributed by atoms with Crippen LogP contribution >= 0.6 is 12.2 Å². The van der Waals surface area contributed by atoms with E-state index in [2.05, 4.69) is 5.32 Å². The van der Waals surface area contributed by atoms with Gasteiger partial charge < -0.3 is 15.3 Å². The maximum absolute atomic E-state index is 11.9. The lowest BCUT2D eigenvalue weighted by molar-refractivity contribution is 0.183. The summed E-state index contributed by atoms with van der Waals surface area (Å²) in [7, 11) is 0. The average molecular weight is 251 g/mol. The highest BCUT2D eigenvalue weighted by Gasteiger charge is 2.28. The van der Waals surface area contributed by atoms with Crippen LogP contribution in [0.25, 0.3) is 0 Å². The second-order valence-electron chi connectivity index (χ2n) is 3.64. The highest BCUT2D eigenvalue weighted by molar-refractivity contribution is 7.80. The Labute approximate surface area is 105 Å².